The van der Waals surface area contributed by atoms with Crippen LogP contribution in [-0.4, -0.2) is 43.4 Å². The maximum Gasteiger partial charge on any atom is 0.228 e. The summed E-state index contributed by atoms with van der Waals surface area (Å²) in [5, 5.41) is 6.88. The molecule has 0 atom stereocenters. The summed E-state index contributed by atoms with van der Waals surface area (Å²) in [4.78, 5) is 26.7. The molecule has 0 aliphatic carbocycles. The van der Waals surface area contributed by atoms with Crippen LogP contribution >= 0.6 is 11.3 Å². The number of thiophene rings is 1. The molecule has 0 saturated carbocycles. The van der Waals surface area contributed by atoms with Gasteiger partial charge in [-0.2, -0.15) is 11.3 Å². The second-order valence-electron chi connectivity index (χ2n) is 5.53. The number of anilines is 2. The van der Waals surface area contributed by atoms with Gasteiger partial charge in [-0.15, -0.1) is 0 Å². The minimum atomic E-state index is -0.00394. The van der Waals surface area contributed by atoms with E-state index < -0.39 is 0 Å². The number of piperazine rings is 1. The fourth-order valence-corrected chi connectivity index (χ4v) is 3.29. The Kier molecular flexibility index (Phi) is 4.92. The van der Waals surface area contributed by atoms with Crippen LogP contribution in [0.5, 0.6) is 0 Å². The van der Waals surface area contributed by atoms with Crippen molar-refractivity contribution in [1.29, 1.82) is 0 Å². The van der Waals surface area contributed by atoms with E-state index in [0.29, 0.717) is 6.42 Å². The van der Waals surface area contributed by atoms with Crippen molar-refractivity contribution in [2.75, 3.05) is 36.4 Å². The first kappa shape index (κ1) is 15.6. The Morgan fingerprint density at radius 2 is 1.87 bits per heavy atom. The summed E-state index contributed by atoms with van der Waals surface area (Å²) in [6, 6.07) is 9.83. The highest BCUT2D eigenvalue weighted by molar-refractivity contribution is 7.08. The standard InChI is InChI=1S/C17H19N3O2S/c21-13-19-6-8-20(9-7-19)16-3-1-15(2-4-16)18-17(22)11-14-5-10-23-12-14/h1-5,10,12-13H,6-9,11H2,(H,18,22). The van der Waals surface area contributed by atoms with E-state index in [1.54, 1.807) is 16.2 Å². The van der Waals surface area contributed by atoms with Gasteiger partial charge in [-0.3, -0.25) is 9.59 Å². The Balaban J connectivity index is 1.55. The summed E-state index contributed by atoms with van der Waals surface area (Å²) in [6.45, 7) is 3.18. The molecule has 6 heteroatoms. The van der Waals surface area contributed by atoms with Crippen molar-refractivity contribution >= 4 is 35.0 Å². The van der Waals surface area contributed by atoms with E-state index in [4.69, 9.17) is 0 Å². The second-order valence-corrected chi connectivity index (χ2v) is 6.31. The first-order chi connectivity index (χ1) is 11.2. The van der Waals surface area contributed by atoms with Gasteiger partial charge in [0.15, 0.2) is 0 Å². The molecule has 1 aromatic carbocycles. The van der Waals surface area contributed by atoms with E-state index in [-0.39, 0.29) is 5.91 Å². The number of hydrogen-bond acceptors (Lipinski definition) is 4. The third kappa shape index (κ3) is 4.10. The van der Waals surface area contributed by atoms with Crippen LogP contribution in [0.4, 0.5) is 11.4 Å². The molecule has 0 spiro atoms. The van der Waals surface area contributed by atoms with Crippen LogP contribution in [0, 0.1) is 0 Å². The van der Waals surface area contributed by atoms with Crippen LogP contribution in [0.1, 0.15) is 5.56 Å². The third-order valence-electron chi connectivity index (χ3n) is 3.92. The summed E-state index contributed by atoms with van der Waals surface area (Å²) >= 11 is 1.60. The number of nitrogens with zero attached hydrogens (tertiary/aromatic N) is 2. The molecule has 120 valence electrons. The van der Waals surface area contributed by atoms with Gasteiger partial charge in [-0.25, -0.2) is 0 Å². The van der Waals surface area contributed by atoms with Crippen LogP contribution < -0.4 is 10.2 Å². The van der Waals surface area contributed by atoms with Gasteiger partial charge in [0.2, 0.25) is 12.3 Å². The molecular weight excluding hydrogens is 310 g/mol. The van der Waals surface area contributed by atoms with Crippen LogP contribution in [0.2, 0.25) is 0 Å². The number of amides is 2. The van der Waals surface area contributed by atoms with E-state index in [2.05, 4.69) is 10.2 Å². The van der Waals surface area contributed by atoms with Crippen LogP contribution in [0.15, 0.2) is 41.1 Å². The normalized spacial score (nSPS) is 14.6. The molecule has 1 fully saturated rings. The SMILES string of the molecule is O=CN1CCN(c2ccc(NC(=O)Cc3ccsc3)cc2)CC1. The molecule has 1 N–H and O–H groups in total. The number of hydrogen-bond donors (Lipinski definition) is 1. The summed E-state index contributed by atoms with van der Waals surface area (Å²) < 4.78 is 0. The minimum absolute atomic E-state index is 0.00394. The van der Waals surface area contributed by atoms with Crippen molar-refractivity contribution in [3.05, 3.63) is 46.7 Å². The van der Waals surface area contributed by atoms with Gasteiger partial charge < -0.3 is 15.1 Å². The van der Waals surface area contributed by atoms with Gasteiger partial charge in [0.05, 0.1) is 6.42 Å². The van der Waals surface area contributed by atoms with Crippen molar-refractivity contribution in [2.45, 2.75) is 6.42 Å². The number of rotatable bonds is 5. The fourth-order valence-electron chi connectivity index (χ4n) is 2.62. The fraction of sp³-hybridized carbons (Fsp3) is 0.294. The van der Waals surface area contributed by atoms with Gasteiger partial charge in [0.25, 0.3) is 0 Å². The largest absolute Gasteiger partial charge is 0.368 e. The van der Waals surface area contributed by atoms with E-state index in [0.717, 1.165) is 49.5 Å². The molecule has 0 radical (unpaired) electrons. The molecule has 1 aromatic heterocycles. The van der Waals surface area contributed by atoms with Crippen molar-refractivity contribution in [2.24, 2.45) is 0 Å². The zero-order valence-electron chi connectivity index (χ0n) is 12.8. The maximum atomic E-state index is 12.0. The lowest BCUT2D eigenvalue weighted by Gasteiger charge is -2.34. The predicted molar refractivity (Wildman–Crippen MR) is 92.9 cm³/mol. The monoisotopic (exact) mass is 329 g/mol. The molecule has 5 nitrogen and oxygen atoms in total. The van der Waals surface area contributed by atoms with Gasteiger partial charge in [-0.1, -0.05) is 0 Å². The zero-order chi connectivity index (χ0) is 16.1. The highest BCUT2D eigenvalue weighted by atomic mass is 32.1. The quantitative estimate of drug-likeness (QED) is 0.856. The van der Waals surface area contributed by atoms with Crippen molar-refractivity contribution in [3.63, 3.8) is 0 Å². The van der Waals surface area contributed by atoms with E-state index >= 15 is 0 Å². The van der Waals surface area contributed by atoms with Crippen molar-refractivity contribution < 1.29 is 9.59 Å². The topological polar surface area (TPSA) is 52.7 Å². The van der Waals surface area contributed by atoms with E-state index in [1.807, 2.05) is 41.1 Å². The molecule has 2 aromatic rings. The zero-order valence-corrected chi connectivity index (χ0v) is 13.6. The Morgan fingerprint density at radius 1 is 1.13 bits per heavy atom. The van der Waals surface area contributed by atoms with E-state index in [9.17, 15) is 9.59 Å². The highest BCUT2D eigenvalue weighted by Gasteiger charge is 2.15. The first-order valence-electron chi connectivity index (χ1n) is 7.60. The number of carbonyl (C=O) groups excluding carboxylic acids is 2. The van der Waals surface area contributed by atoms with Crippen LogP contribution in [0.3, 0.4) is 0 Å². The van der Waals surface area contributed by atoms with Gasteiger partial charge >= 0.3 is 0 Å². The highest BCUT2D eigenvalue weighted by Crippen LogP contribution is 2.19. The molecule has 1 aliphatic heterocycles. The Bertz CT molecular complexity index is 647. The molecule has 1 saturated heterocycles. The molecule has 2 heterocycles. The van der Waals surface area contributed by atoms with Gasteiger partial charge in [0, 0.05) is 37.6 Å². The lowest BCUT2D eigenvalue weighted by atomic mass is 10.2. The molecule has 1 aliphatic rings. The number of nitrogens with one attached hydrogen (secondary N) is 1. The van der Waals surface area contributed by atoms with Crippen LogP contribution in [0.25, 0.3) is 0 Å². The molecule has 3 rings (SSSR count). The first-order valence-corrected chi connectivity index (χ1v) is 8.54. The second kappa shape index (κ2) is 7.28. The predicted octanol–water partition coefficient (Wildman–Crippen LogP) is 2.21. The van der Waals surface area contributed by atoms with Crippen LogP contribution in [-0.2, 0) is 16.0 Å². The summed E-state index contributed by atoms with van der Waals surface area (Å²) in [5.74, 6) is -0.00394. The molecule has 23 heavy (non-hydrogen) atoms. The smallest absolute Gasteiger partial charge is 0.228 e. The molecule has 0 unspecified atom stereocenters. The Hall–Kier alpha value is -2.34. The minimum Gasteiger partial charge on any atom is -0.368 e. The third-order valence-corrected chi connectivity index (χ3v) is 4.66. The van der Waals surface area contributed by atoms with Gasteiger partial charge in [-0.05, 0) is 46.7 Å². The summed E-state index contributed by atoms with van der Waals surface area (Å²) in [5.41, 5.74) is 2.96. The van der Waals surface area contributed by atoms with E-state index in [1.165, 1.54) is 0 Å². The number of carbonyl (C=O) groups is 2. The Morgan fingerprint density at radius 3 is 2.48 bits per heavy atom. The summed E-state index contributed by atoms with van der Waals surface area (Å²) in [6.07, 6.45) is 1.31. The van der Waals surface area contributed by atoms with Crippen molar-refractivity contribution in [3.8, 4) is 0 Å². The summed E-state index contributed by atoms with van der Waals surface area (Å²) in [7, 11) is 0. The Labute approximate surface area is 139 Å². The molecular formula is C17H19N3O2S. The van der Waals surface area contributed by atoms with Crippen molar-refractivity contribution in [1.82, 2.24) is 4.90 Å². The maximum absolute atomic E-state index is 12.0. The lowest BCUT2D eigenvalue weighted by molar-refractivity contribution is -0.118. The average molecular weight is 329 g/mol. The average Bonchev–Trinajstić information content (AvgIpc) is 3.08. The molecule has 2 amide bonds. The van der Waals surface area contributed by atoms with Gasteiger partial charge in [0.1, 0.15) is 0 Å². The molecule has 0 bridgehead atoms. The number of benzene rings is 1. The lowest BCUT2D eigenvalue weighted by Crippen LogP contribution is -2.45.